The summed E-state index contributed by atoms with van der Waals surface area (Å²) in [6.45, 7) is 0.935. The predicted octanol–water partition coefficient (Wildman–Crippen LogP) is 0.273. The molecule has 1 aliphatic carbocycles. The molecule has 112 valence electrons. The number of likely N-dealkylation sites (N-methyl/N-ethyl adjacent to an activating group) is 1. The number of hydrogen-bond donors (Lipinski definition) is 2. The minimum atomic E-state index is -0.245. The maximum atomic E-state index is 12.1. The Balaban J connectivity index is 1.82. The van der Waals surface area contributed by atoms with Crippen LogP contribution in [0.15, 0.2) is 12.4 Å². The van der Waals surface area contributed by atoms with E-state index in [-0.39, 0.29) is 24.6 Å². The molecule has 2 N–H and O–H groups in total. The first kappa shape index (κ1) is 15.0. The lowest BCUT2D eigenvalue weighted by Crippen LogP contribution is -2.50. The average Bonchev–Trinajstić information content (AvgIpc) is 3.06. The van der Waals surface area contributed by atoms with E-state index in [4.69, 9.17) is 0 Å². The largest absolute Gasteiger partial charge is 0.394 e. The van der Waals surface area contributed by atoms with Crippen LogP contribution in [0.1, 0.15) is 31.2 Å². The van der Waals surface area contributed by atoms with Crippen LogP contribution in [0.5, 0.6) is 0 Å². The lowest BCUT2D eigenvalue weighted by molar-refractivity contribution is -0.129. The summed E-state index contributed by atoms with van der Waals surface area (Å²) in [6.07, 6.45) is 7.81. The fraction of sp³-hybridized carbons (Fsp3) is 0.714. The van der Waals surface area contributed by atoms with Gasteiger partial charge in [0, 0.05) is 37.9 Å². The fourth-order valence-electron chi connectivity index (χ4n) is 2.76. The second kappa shape index (κ2) is 6.37. The Bertz CT molecular complexity index is 452. The van der Waals surface area contributed by atoms with Gasteiger partial charge in [-0.25, -0.2) is 0 Å². The summed E-state index contributed by atoms with van der Waals surface area (Å²) in [5.74, 6) is 0.0357. The number of aromatic nitrogens is 2. The Kier molecular flexibility index (Phi) is 4.77. The highest BCUT2D eigenvalue weighted by atomic mass is 16.3. The molecule has 1 saturated carbocycles. The van der Waals surface area contributed by atoms with E-state index in [2.05, 4.69) is 10.4 Å². The van der Waals surface area contributed by atoms with Crippen molar-refractivity contribution in [2.75, 3.05) is 20.2 Å². The normalized spacial score (nSPS) is 17.4. The first-order chi connectivity index (χ1) is 9.54. The van der Waals surface area contributed by atoms with Crippen LogP contribution in [0.25, 0.3) is 0 Å². The van der Waals surface area contributed by atoms with Crippen molar-refractivity contribution in [1.82, 2.24) is 20.0 Å². The average molecular weight is 280 g/mol. The Labute approximate surface area is 119 Å². The maximum Gasteiger partial charge on any atom is 0.236 e. The zero-order valence-corrected chi connectivity index (χ0v) is 12.3. The minimum Gasteiger partial charge on any atom is -0.394 e. The highest BCUT2D eigenvalue weighted by molar-refractivity contribution is 5.78. The lowest BCUT2D eigenvalue weighted by Gasteiger charge is -2.29. The smallest absolute Gasteiger partial charge is 0.236 e. The van der Waals surface area contributed by atoms with Crippen LogP contribution in [-0.2, 0) is 18.4 Å². The fourth-order valence-corrected chi connectivity index (χ4v) is 2.76. The third-order valence-electron chi connectivity index (χ3n) is 4.08. The van der Waals surface area contributed by atoms with E-state index in [0.717, 1.165) is 31.2 Å². The molecule has 1 fully saturated rings. The molecular weight excluding hydrogens is 256 g/mol. The molecule has 6 nitrogen and oxygen atoms in total. The molecule has 0 unspecified atom stereocenters. The second-order valence-corrected chi connectivity index (χ2v) is 5.77. The summed E-state index contributed by atoms with van der Waals surface area (Å²) < 4.78 is 1.73. The Hall–Kier alpha value is -1.40. The molecule has 6 heteroatoms. The van der Waals surface area contributed by atoms with Crippen LogP contribution < -0.4 is 5.32 Å². The van der Waals surface area contributed by atoms with Crippen LogP contribution in [0.3, 0.4) is 0 Å². The number of rotatable bonds is 6. The van der Waals surface area contributed by atoms with Crippen molar-refractivity contribution < 1.29 is 9.90 Å². The van der Waals surface area contributed by atoms with E-state index >= 15 is 0 Å². The van der Waals surface area contributed by atoms with Crippen molar-refractivity contribution in [3.63, 3.8) is 0 Å². The summed E-state index contributed by atoms with van der Waals surface area (Å²) in [5, 5.41) is 16.9. The minimum absolute atomic E-state index is 0.0357. The van der Waals surface area contributed by atoms with Gasteiger partial charge in [-0.05, 0) is 12.8 Å². The van der Waals surface area contributed by atoms with Crippen LogP contribution in [0, 0.1) is 0 Å². The van der Waals surface area contributed by atoms with Gasteiger partial charge in [-0.1, -0.05) is 12.8 Å². The summed E-state index contributed by atoms with van der Waals surface area (Å²) in [6, 6.07) is 0. The molecule has 1 heterocycles. The van der Waals surface area contributed by atoms with Crippen molar-refractivity contribution in [2.24, 2.45) is 7.05 Å². The number of nitrogens with zero attached hydrogens (tertiary/aromatic N) is 3. The van der Waals surface area contributed by atoms with Crippen molar-refractivity contribution in [3.8, 4) is 0 Å². The number of nitrogens with one attached hydrogen (secondary N) is 1. The van der Waals surface area contributed by atoms with E-state index in [1.165, 1.54) is 0 Å². The van der Waals surface area contributed by atoms with Crippen molar-refractivity contribution in [1.29, 1.82) is 0 Å². The third kappa shape index (κ3) is 3.58. The van der Waals surface area contributed by atoms with Gasteiger partial charge in [0.1, 0.15) is 0 Å². The van der Waals surface area contributed by atoms with Crippen LogP contribution >= 0.6 is 0 Å². The molecular formula is C14H24N4O2. The van der Waals surface area contributed by atoms with Gasteiger partial charge >= 0.3 is 0 Å². The molecule has 0 aliphatic heterocycles. The number of aliphatic hydroxyl groups is 1. The number of carbonyl (C=O) groups excluding carboxylic acids is 1. The highest BCUT2D eigenvalue weighted by Gasteiger charge is 2.33. The van der Waals surface area contributed by atoms with E-state index in [1.54, 1.807) is 22.8 Å². The quantitative estimate of drug-likeness (QED) is 0.785. The van der Waals surface area contributed by atoms with Crippen LogP contribution in [0.4, 0.5) is 0 Å². The van der Waals surface area contributed by atoms with E-state index in [9.17, 15) is 9.90 Å². The number of carbonyl (C=O) groups is 1. The van der Waals surface area contributed by atoms with E-state index < -0.39 is 0 Å². The van der Waals surface area contributed by atoms with Gasteiger partial charge in [-0.2, -0.15) is 5.10 Å². The summed E-state index contributed by atoms with van der Waals surface area (Å²) in [7, 11) is 3.65. The monoisotopic (exact) mass is 280 g/mol. The highest BCUT2D eigenvalue weighted by Crippen LogP contribution is 2.28. The number of aliphatic hydroxyl groups excluding tert-OH is 1. The molecule has 20 heavy (non-hydrogen) atoms. The number of aryl methyl sites for hydroxylation is 1. The van der Waals surface area contributed by atoms with Crippen LogP contribution in [0.2, 0.25) is 0 Å². The van der Waals surface area contributed by atoms with Gasteiger partial charge in [-0.15, -0.1) is 0 Å². The van der Waals surface area contributed by atoms with E-state index in [1.807, 2.05) is 13.2 Å². The Morgan fingerprint density at radius 1 is 1.55 bits per heavy atom. The van der Waals surface area contributed by atoms with Crippen molar-refractivity contribution in [2.45, 2.75) is 37.8 Å². The number of hydrogen-bond acceptors (Lipinski definition) is 4. The molecule has 0 atom stereocenters. The summed E-state index contributed by atoms with van der Waals surface area (Å²) in [4.78, 5) is 13.8. The Morgan fingerprint density at radius 2 is 2.25 bits per heavy atom. The first-order valence-electron chi connectivity index (χ1n) is 7.12. The van der Waals surface area contributed by atoms with Gasteiger partial charge < -0.3 is 15.3 Å². The van der Waals surface area contributed by atoms with E-state index in [0.29, 0.717) is 6.54 Å². The first-order valence-corrected chi connectivity index (χ1v) is 7.12. The van der Waals surface area contributed by atoms with Gasteiger partial charge in [0.25, 0.3) is 0 Å². The second-order valence-electron chi connectivity index (χ2n) is 5.77. The molecule has 0 bridgehead atoms. The SMILES string of the molecule is CN(Cc1cnn(C)c1)C(=O)CNC1(CO)CCCC1. The molecule has 0 saturated heterocycles. The van der Waals surface area contributed by atoms with Crippen molar-refractivity contribution >= 4 is 5.91 Å². The maximum absolute atomic E-state index is 12.1. The van der Waals surface area contributed by atoms with Gasteiger partial charge in [0.05, 0.1) is 19.3 Å². The van der Waals surface area contributed by atoms with Gasteiger partial charge in [-0.3, -0.25) is 9.48 Å². The molecule has 0 aromatic carbocycles. The zero-order chi connectivity index (χ0) is 14.6. The molecule has 1 aromatic heterocycles. The molecule has 0 spiro atoms. The predicted molar refractivity (Wildman–Crippen MR) is 76.0 cm³/mol. The summed E-state index contributed by atoms with van der Waals surface area (Å²) >= 11 is 0. The molecule has 2 rings (SSSR count). The van der Waals surface area contributed by atoms with Gasteiger partial charge in [0.15, 0.2) is 0 Å². The molecule has 1 aliphatic rings. The Morgan fingerprint density at radius 3 is 2.80 bits per heavy atom. The molecule has 1 amide bonds. The lowest BCUT2D eigenvalue weighted by atomic mass is 9.99. The standard InChI is InChI=1S/C14H24N4O2/c1-17(9-12-7-16-18(2)10-12)13(20)8-15-14(11-19)5-3-4-6-14/h7,10,15,19H,3-6,8-9,11H2,1-2H3. The molecule has 1 aromatic rings. The number of amides is 1. The third-order valence-corrected chi connectivity index (χ3v) is 4.08. The topological polar surface area (TPSA) is 70.4 Å². The van der Waals surface area contributed by atoms with Gasteiger partial charge in [0.2, 0.25) is 5.91 Å². The van der Waals surface area contributed by atoms with Crippen LogP contribution in [-0.4, -0.2) is 51.4 Å². The summed E-state index contributed by atoms with van der Waals surface area (Å²) in [5.41, 5.74) is 0.770. The molecule has 0 radical (unpaired) electrons. The van der Waals surface area contributed by atoms with Crippen molar-refractivity contribution in [3.05, 3.63) is 18.0 Å². The zero-order valence-electron chi connectivity index (χ0n) is 12.3.